The molecule has 0 saturated heterocycles. The minimum absolute atomic E-state index is 0.251. The third-order valence-corrected chi connectivity index (χ3v) is 2.91. The highest BCUT2D eigenvalue weighted by Gasteiger charge is 2.10. The average Bonchev–Trinajstić information content (AvgIpc) is 2.48. The molecule has 0 aliphatic carbocycles. The second-order valence-corrected chi connectivity index (χ2v) is 4.38. The van der Waals surface area contributed by atoms with Crippen molar-refractivity contribution in [3.05, 3.63) is 54.1 Å². The van der Waals surface area contributed by atoms with E-state index in [2.05, 4.69) is 16.9 Å². The van der Waals surface area contributed by atoms with Crippen molar-refractivity contribution in [1.82, 2.24) is 9.97 Å². The quantitative estimate of drug-likeness (QED) is 0.808. The summed E-state index contributed by atoms with van der Waals surface area (Å²) in [6.45, 7) is 2.90. The molecule has 4 heteroatoms. The fourth-order valence-electron chi connectivity index (χ4n) is 1.75. The van der Waals surface area contributed by atoms with Crippen LogP contribution in [0.15, 0.2) is 42.9 Å². The molecule has 1 aromatic heterocycles. The van der Waals surface area contributed by atoms with Gasteiger partial charge in [0.05, 0.1) is 24.5 Å². The molecule has 0 saturated carbocycles. The SMILES string of the molecule is CCCCOc1ccc(C(N)c2cnccn2)cc1. The molecule has 2 aromatic rings. The van der Waals surface area contributed by atoms with Crippen molar-refractivity contribution in [2.75, 3.05) is 6.61 Å². The molecule has 0 spiro atoms. The van der Waals surface area contributed by atoms with Crippen molar-refractivity contribution in [2.45, 2.75) is 25.8 Å². The van der Waals surface area contributed by atoms with Gasteiger partial charge in [-0.15, -0.1) is 0 Å². The van der Waals surface area contributed by atoms with E-state index in [4.69, 9.17) is 10.5 Å². The van der Waals surface area contributed by atoms with Gasteiger partial charge in [-0.2, -0.15) is 0 Å². The molecule has 1 aromatic carbocycles. The molecule has 0 aliphatic rings. The molecule has 2 rings (SSSR count). The summed E-state index contributed by atoms with van der Waals surface area (Å²) in [5.74, 6) is 0.878. The normalized spacial score (nSPS) is 12.1. The molecular formula is C15H19N3O. The molecule has 0 radical (unpaired) electrons. The van der Waals surface area contributed by atoms with Gasteiger partial charge in [0.2, 0.25) is 0 Å². The third-order valence-electron chi connectivity index (χ3n) is 2.91. The van der Waals surface area contributed by atoms with Gasteiger partial charge in [-0.05, 0) is 24.1 Å². The smallest absolute Gasteiger partial charge is 0.119 e. The summed E-state index contributed by atoms with van der Waals surface area (Å²) in [6, 6.07) is 7.59. The van der Waals surface area contributed by atoms with Crippen LogP contribution in [0.5, 0.6) is 5.75 Å². The van der Waals surface area contributed by atoms with Gasteiger partial charge in [0.15, 0.2) is 0 Å². The number of unbranched alkanes of at least 4 members (excludes halogenated alkanes) is 1. The van der Waals surface area contributed by atoms with E-state index in [-0.39, 0.29) is 6.04 Å². The summed E-state index contributed by atoms with van der Waals surface area (Å²) < 4.78 is 5.62. The molecule has 0 amide bonds. The Hall–Kier alpha value is -1.94. The van der Waals surface area contributed by atoms with E-state index in [0.29, 0.717) is 0 Å². The largest absolute Gasteiger partial charge is 0.494 e. The zero-order valence-electron chi connectivity index (χ0n) is 11.1. The monoisotopic (exact) mass is 257 g/mol. The van der Waals surface area contributed by atoms with Gasteiger partial charge < -0.3 is 10.5 Å². The van der Waals surface area contributed by atoms with Gasteiger partial charge >= 0.3 is 0 Å². The molecule has 4 nitrogen and oxygen atoms in total. The molecule has 100 valence electrons. The highest BCUT2D eigenvalue weighted by molar-refractivity contribution is 5.32. The lowest BCUT2D eigenvalue weighted by Crippen LogP contribution is -2.13. The van der Waals surface area contributed by atoms with E-state index >= 15 is 0 Å². The van der Waals surface area contributed by atoms with Crippen LogP contribution < -0.4 is 10.5 Å². The van der Waals surface area contributed by atoms with Gasteiger partial charge in [0.1, 0.15) is 5.75 Å². The van der Waals surface area contributed by atoms with Crippen LogP contribution in [0.4, 0.5) is 0 Å². The Morgan fingerprint density at radius 3 is 2.63 bits per heavy atom. The first-order chi connectivity index (χ1) is 9.31. The molecule has 0 aliphatic heterocycles. The molecule has 19 heavy (non-hydrogen) atoms. The van der Waals surface area contributed by atoms with Crippen LogP contribution in [0.3, 0.4) is 0 Å². The Bertz CT molecular complexity index is 485. The number of nitrogens with two attached hydrogens (primary N) is 1. The zero-order valence-corrected chi connectivity index (χ0v) is 11.1. The highest BCUT2D eigenvalue weighted by Crippen LogP contribution is 2.20. The lowest BCUT2D eigenvalue weighted by atomic mass is 10.1. The van der Waals surface area contributed by atoms with E-state index in [0.717, 1.165) is 36.5 Å². The fraction of sp³-hybridized carbons (Fsp3) is 0.333. The Balaban J connectivity index is 2.02. The zero-order chi connectivity index (χ0) is 13.5. The van der Waals surface area contributed by atoms with E-state index < -0.39 is 0 Å². The van der Waals surface area contributed by atoms with Crippen LogP contribution in [0.1, 0.15) is 37.1 Å². The molecule has 0 fully saturated rings. The Labute approximate surface area is 113 Å². The van der Waals surface area contributed by atoms with E-state index in [1.165, 1.54) is 0 Å². The summed E-state index contributed by atoms with van der Waals surface area (Å²) in [6.07, 6.45) is 7.19. The van der Waals surface area contributed by atoms with Gasteiger partial charge in [0.25, 0.3) is 0 Å². The first-order valence-electron chi connectivity index (χ1n) is 6.55. The lowest BCUT2D eigenvalue weighted by Gasteiger charge is -2.12. The number of hydrogen-bond donors (Lipinski definition) is 1. The maximum absolute atomic E-state index is 6.14. The van der Waals surface area contributed by atoms with Crippen LogP contribution in [-0.2, 0) is 0 Å². The van der Waals surface area contributed by atoms with E-state index in [9.17, 15) is 0 Å². The minimum Gasteiger partial charge on any atom is -0.494 e. The topological polar surface area (TPSA) is 61.0 Å². The summed E-state index contributed by atoms with van der Waals surface area (Å²) >= 11 is 0. The van der Waals surface area contributed by atoms with Crippen LogP contribution in [-0.4, -0.2) is 16.6 Å². The molecule has 0 bridgehead atoms. The van der Waals surface area contributed by atoms with Crippen LogP contribution in [0.25, 0.3) is 0 Å². The van der Waals surface area contributed by atoms with Crippen molar-refractivity contribution in [3.63, 3.8) is 0 Å². The Kier molecular flexibility index (Phi) is 4.86. The molecule has 1 atom stereocenters. The highest BCUT2D eigenvalue weighted by atomic mass is 16.5. The summed E-state index contributed by atoms with van der Waals surface area (Å²) in [5.41, 5.74) is 7.91. The molecule has 1 unspecified atom stereocenters. The Morgan fingerprint density at radius 2 is 2.00 bits per heavy atom. The first kappa shape index (κ1) is 13.5. The standard InChI is InChI=1S/C15H19N3O/c1-2-3-10-19-13-6-4-12(5-7-13)15(16)14-11-17-8-9-18-14/h4-9,11,15H,2-3,10,16H2,1H3. The maximum atomic E-state index is 6.14. The number of hydrogen-bond acceptors (Lipinski definition) is 4. The average molecular weight is 257 g/mol. The van der Waals surface area contributed by atoms with Crippen molar-refractivity contribution in [3.8, 4) is 5.75 Å². The maximum Gasteiger partial charge on any atom is 0.119 e. The van der Waals surface area contributed by atoms with Gasteiger partial charge in [0, 0.05) is 12.4 Å². The number of benzene rings is 1. The lowest BCUT2D eigenvalue weighted by molar-refractivity contribution is 0.309. The molecular weight excluding hydrogens is 238 g/mol. The first-order valence-corrected chi connectivity index (χ1v) is 6.55. The van der Waals surface area contributed by atoms with Gasteiger partial charge in [-0.3, -0.25) is 9.97 Å². The van der Waals surface area contributed by atoms with Gasteiger partial charge in [-0.25, -0.2) is 0 Å². The molecule has 1 heterocycles. The van der Waals surface area contributed by atoms with Crippen molar-refractivity contribution < 1.29 is 4.74 Å². The predicted molar refractivity (Wildman–Crippen MR) is 74.9 cm³/mol. The van der Waals surface area contributed by atoms with Crippen LogP contribution in [0, 0.1) is 0 Å². The summed E-state index contributed by atoms with van der Waals surface area (Å²) in [7, 11) is 0. The van der Waals surface area contributed by atoms with Gasteiger partial charge in [-0.1, -0.05) is 25.5 Å². The fourth-order valence-corrected chi connectivity index (χ4v) is 1.75. The number of nitrogens with zero attached hydrogens (tertiary/aromatic N) is 2. The number of rotatable bonds is 6. The van der Waals surface area contributed by atoms with Crippen LogP contribution >= 0.6 is 0 Å². The molecule has 2 N–H and O–H groups in total. The third kappa shape index (κ3) is 3.76. The van der Waals surface area contributed by atoms with E-state index in [1.54, 1.807) is 18.6 Å². The van der Waals surface area contributed by atoms with Crippen molar-refractivity contribution >= 4 is 0 Å². The summed E-state index contributed by atoms with van der Waals surface area (Å²) in [5, 5.41) is 0. The van der Waals surface area contributed by atoms with Crippen LogP contribution in [0.2, 0.25) is 0 Å². The minimum atomic E-state index is -0.251. The second kappa shape index (κ2) is 6.85. The summed E-state index contributed by atoms with van der Waals surface area (Å²) in [4.78, 5) is 8.25. The number of ether oxygens (including phenoxy) is 1. The van der Waals surface area contributed by atoms with Crippen molar-refractivity contribution in [2.24, 2.45) is 5.73 Å². The Morgan fingerprint density at radius 1 is 1.21 bits per heavy atom. The van der Waals surface area contributed by atoms with E-state index in [1.807, 2.05) is 24.3 Å². The second-order valence-electron chi connectivity index (χ2n) is 4.38. The predicted octanol–water partition coefficient (Wildman–Crippen LogP) is 2.70. The number of aromatic nitrogens is 2. The van der Waals surface area contributed by atoms with Crippen molar-refractivity contribution in [1.29, 1.82) is 0 Å².